The van der Waals surface area contributed by atoms with Gasteiger partial charge in [0.1, 0.15) is 11.3 Å². The molecule has 0 N–H and O–H groups in total. The van der Waals surface area contributed by atoms with E-state index < -0.39 is 0 Å². The maximum atomic E-state index is 4.23. The second kappa shape index (κ2) is 33.9. The molecule has 450 valence electrons. The van der Waals surface area contributed by atoms with Gasteiger partial charge in [-0.1, -0.05) is 187 Å². The van der Waals surface area contributed by atoms with E-state index in [0.29, 0.717) is 0 Å². The first-order valence-corrected chi connectivity index (χ1v) is 34.7. The van der Waals surface area contributed by atoms with E-state index in [1.165, 1.54) is 76.3 Å². The Morgan fingerprint density at radius 3 is 1.00 bits per heavy atom. The molecule has 0 radical (unpaired) electrons. The van der Waals surface area contributed by atoms with Crippen LogP contribution in [0.15, 0.2) is 98.1 Å². The lowest BCUT2D eigenvalue weighted by Gasteiger charge is -2.14. The number of rotatable bonds is 0. The minimum atomic E-state index is 0.111. The second-order valence-electron chi connectivity index (χ2n) is 27.9. The van der Waals surface area contributed by atoms with E-state index in [2.05, 4.69) is 257 Å². The summed E-state index contributed by atoms with van der Waals surface area (Å²) in [5.74, 6) is 0.938. The van der Waals surface area contributed by atoms with E-state index in [-0.39, 0.29) is 48.7 Å². The predicted molar refractivity (Wildman–Crippen MR) is 365 cm³/mol. The fraction of sp³-hybridized carbons (Fsp3) is 0.581. The summed E-state index contributed by atoms with van der Waals surface area (Å²) in [6.45, 7) is 58.6. The van der Waals surface area contributed by atoms with Gasteiger partial charge >= 0.3 is 0 Å². The van der Waals surface area contributed by atoms with E-state index in [0.717, 1.165) is 5.82 Å². The van der Waals surface area contributed by atoms with Gasteiger partial charge in [0, 0.05) is 112 Å². The van der Waals surface area contributed by atoms with Gasteiger partial charge in [0.05, 0.1) is 37.4 Å². The standard InChI is InChI=1S/8C7H11NS.C6H10N2S/c1-7(2,3)6-4-9-5-8-6;1-7(2,3)6-4-8-5-9-6;1-7(2,3)6-4-8-9-5-6;3*1-7(2,3)6-8-4-5-9-6;1-7(2,3)6-4-5-9-8-6;1-7(2,3)6-4-5-8-9-6;1-6(2,3)5-7-4-9-8-5/h8*4-5H,1-3H3;4H,1-3H3. The van der Waals surface area contributed by atoms with Crippen LogP contribution >= 0.6 is 103 Å². The zero-order chi connectivity index (χ0) is 62.2. The molecule has 0 atom stereocenters. The highest BCUT2D eigenvalue weighted by atomic mass is 32.1. The summed E-state index contributed by atoms with van der Waals surface area (Å²) in [5.41, 5.74) is 11.3. The van der Waals surface area contributed by atoms with Crippen LogP contribution in [0, 0.1) is 0 Å². The first-order valence-electron chi connectivity index (χ1n) is 26.9. The summed E-state index contributed by atoms with van der Waals surface area (Å²) in [6.07, 6.45) is 11.3. The van der Waals surface area contributed by atoms with Crippen molar-refractivity contribution in [3.05, 3.63) is 146 Å². The third kappa shape index (κ3) is 33.0. The van der Waals surface area contributed by atoms with Crippen LogP contribution in [0.25, 0.3) is 0 Å². The zero-order valence-electron chi connectivity index (χ0n) is 54.0. The number of hydrogen-bond donors (Lipinski definition) is 0. The van der Waals surface area contributed by atoms with Gasteiger partial charge in [-0.05, 0) is 80.1 Å². The van der Waals surface area contributed by atoms with E-state index in [4.69, 9.17) is 0 Å². The van der Waals surface area contributed by atoms with Crippen molar-refractivity contribution < 1.29 is 0 Å². The average Bonchev–Trinajstić information content (AvgIpc) is 4.21. The molecule has 0 aliphatic rings. The molecule has 0 aliphatic heterocycles. The van der Waals surface area contributed by atoms with Crippen molar-refractivity contribution in [2.45, 2.75) is 236 Å². The van der Waals surface area contributed by atoms with Gasteiger partial charge in [-0.15, -0.1) is 56.7 Å². The van der Waals surface area contributed by atoms with Gasteiger partial charge < -0.3 is 0 Å². The molecular weight excluding hydrogens is 1170 g/mol. The third-order valence-corrected chi connectivity index (χ3v) is 18.5. The van der Waals surface area contributed by atoms with Crippen LogP contribution in [0.3, 0.4) is 0 Å². The molecule has 0 fully saturated rings. The fourth-order valence-corrected chi connectivity index (χ4v) is 11.6. The summed E-state index contributed by atoms with van der Waals surface area (Å²) in [4.78, 5) is 27.6. The Labute approximate surface area is 527 Å². The molecule has 9 heterocycles. The van der Waals surface area contributed by atoms with Crippen molar-refractivity contribution in [2.24, 2.45) is 0 Å². The first-order chi connectivity index (χ1) is 36.9. The highest BCUT2D eigenvalue weighted by Crippen LogP contribution is 2.28. The summed E-state index contributed by atoms with van der Waals surface area (Å²) < 4.78 is 16.4. The van der Waals surface area contributed by atoms with Crippen molar-refractivity contribution in [3.8, 4) is 0 Å². The lowest BCUT2D eigenvalue weighted by molar-refractivity contribution is 0.555. The topological polar surface area (TPSA) is 129 Å². The van der Waals surface area contributed by atoms with Crippen LogP contribution in [0.2, 0.25) is 0 Å². The predicted octanol–water partition coefficient (Wildman–Crippen LogP) is 21.4. The first kappa shape index (κ1) is 75.6. The monoisotopic (exact) mass is 1270 g/mol. The van der Waals surface area contributed by atoms with Gasteiger partial charge in [-0.3, -0.25) is 4.98 Å². The lowest BCUT2D eigenvalue weighted by atomic mass is 9.90. The minimum absolute atomic E-state index is 0.111. The van der Waals surface area contributed by atoms with E-state index in [1.54, 1.807) is 73.7 Å². The molecule has 81 heavy (non-hydrogen) atoms. The van der Waals surface area contributed by atoms with Crippen molar-refractivity contribution in [3.63, 3.8) is 0 Å². The maximum Gasteiger partial charge on any atom is 0.147 e. The van der Waals surface area contributed by atoms with Crippen LogP contribution in [0.1, 0.15) is 234 Å². The van der Waals surface area contributed by atoms with Crippen molar-refractivity contribution in [1.82, 2.24) is 47.4 Å². The molecule has 9 rings (SSSR count). The zero-order valence-corrected chi connectivity index (χ0v) is 61.3. The number of nitrogens with zero attached hydrogens (tertiary/aromatic N) is 10. The number of aromatic nitrogens is 10. The van der Waals surface area contributed by atoms with Crippen LogP contribution in [0.5, 0.6) is 0 Å². The molecular formula is C62H98N10S9. The molecule has 0 unspecified atom stereocenters. The molecule has 0 spiro atoms. The summed E-state index contributed by atoms with van der Waals surface area (Å²) in [6, 6.07) is 4.15. The molecule has 19 heteroatoms. The SMILES string of the molecule is CC(C)(C)c1ccns1.CC(C)(C)c1ccsn1.CC(C)(C)c1cncs1.CC(C)(C)c1cnsc1.CC(C)(C)c1cscn1.CC(C)(C)c1nccs1.CC(C)(C)c1nccs1.CC(C)(C)c1nccs1.CC(C)(C)c1ncsn1. The second-order valence-corrected chi connectivity index (χ2v) is 35.0. The average molecular weight is 1270 g/mol. The van der Waals surface area contributed by atoms with Gasteiger partial charge in [-0.2, -0.15) is 8.75 Å². The molecule has 0 saturated carbocycles. The summed E-state index contributed by atoms with van der Waals surface area (Å²) in [5, 5.41) is 15.9. The Kier molecular flexibility index (Phi) is 31.7. The van der Waals surface area contributed by atoms with Gasteiger partial charge in [0.2, 0.25) is 0 Å². The maximum absolute atomic E-state index is 4.23. The molecule has 0 saturated heterocycles. The smallest absolute Gasteiger partial charge is 0.147 e. The van der Waals surface area contributed by atoms with E-state index in [9.17, 15) is 0 Å². The van der Waals surface area contributed by atoms with Crippen molar-refractivity contribution >= 4 is 103 Å². The highest BCUT2D eigenvalue weighted by molar-refractivity contribution is 7.10. The lowest BCUT2D eigenvalue weighted by Crippen LogP contribution is -2.12. The van der Waals surface area contributed by atoms with Crippen molar-refractivity contribution in [2.75, 3.05) is 0 Å². The van der Waals surface area contributed by atoms with Crippen molar-refractivity contribution in [1.29, 1.82) is 0 Å². The van der Waals surface area contributed by atoms with Gasteiger partial charge in [0.25, 0.3) is 0 Å². The Morgan fingerprint density at radius 1 is 0.333 bits per heavy atom. The molecule has 0 amide bonds. The fourth-order valence-electron chi connectivity index (χ4n) is 5.23. The normalized spacial score (nSPS) is 11.9. The summed E-state index contributed by atoms with van der Waals surface area (Å²) >= 11 is 14.5. The van der Waals surface area contributed by atoms with Gasteiger partial charge in [0.15, 0.2) is 0 Å². The Balaban J connectivity index is 0.000000456. The highest BCUT2D eigenvalue weighted by Gasteiger charge is 2.20. The molecule has 0 bridgehead atoms. The van der Waals surface area contributed by atoms with Crippen LogP contribution in [-0.4, -0.2) is 47.4 Å². The quantitative estimate of drug-likeness (QED) is 0.145. The number of hydrogen-bond acceptors (Lipinski definition) is 19. The minimum Gasteiger partial charge on any atom is -0.253 e. The molecule has 0 aromatic carbocycles. The summed E-state index contributed by atoms with van der Waals surface area (Å²) in [7, 11) is 0. The molecule has 10 nitrogen and oxygen atoms in total. The van der Waals surface area contributed by atoms with Crippen LogP contribution < -0.4 is 0 Å². The molecule has 0 aliphatic carbocycles. The third-order valence-electron chi connectivity index (χ3n) is 10.3. The van der Waals surface area contributed by atoms with E-state index >= 15 is 0 Å². The molecule has 9 aromatic rings. The Bertz CT molecular complexity index is 2180. The largest absolute Gasteiger partial charge is 0.253 e. The number of thiazole rings is 5. The Hall–Kier alpha value is -3.40. The van der Waals surface area contributed by atoms with E-state index in [1.807, 2.05) is 69.7 Å². The van der Waals surface area contributed by atoms with Crippen LogP contribution in [0.4, 0.5) is 0 Å². The Morgan fingerprint density at radius 2 is 0.827 bits per heavy atom. The van der Waals surface area contributed by atoms with Gasteiger partial charge in [-0.25, -0.2) is 33.7 Å². The molecule has 9 aromatic heterocycles. The van der Waals surface area contributed by atoms with Crippen LogP contribution in [-0.2, 0) is 48.7 Å².